The van der Waals surface area contributed by atoms with Crippen molar-refractivity contribution in [2.24, 2.45) is 10.9 Å². The predicted molar refractivity (Wildman–Crippen MR) is 92.6 cm³/mol. The second kappa shape index (κ2) is 8.89. The van der Waals surface area contributed by atoms with Crippen LogP contribution in [-0.2, 0) is 6.42 Å². The van der Waals surface area contributed by atoms with Gasteiger partial charge >= 0.3 is 0 Å². The molecule has 0 radical (unpaired) electrons. The fourth-order valence-corrected chi connectivity index (χ4v) is 2.84. The predicted octanol–water partition coefficient (Wildman–Crippen LogP) is 2.87. The number of rotatable bonds is 6. The Morgan fingerprint density at radius 3 is 2.65 bits per heavy atom. The van der Waals surface area contributed by atoms with Crippen molar-refractivity contribution < 1.29 is 4.52 Å². The minimum Gasteiger partial charge on any atom is -0.356 e. The van der Waals surface area contributed by atoms with Crippen molar-refractivity contribution in [1.82, 2.24) is 20.8 Å². The fourth-order valence-electron chi connectivity index (χ4n) is 2.84. The zero-order valence-corrected chi connectivity index (χ0v) is 14.9. The molecule has 2 rings (SSSR count). The van der Waals surface area contributed by atoms with Crippen LogP contribution in [0.4, 0.5) is 0 Å². The lowest BCUT2D eigenvalue weighted by molar-refractivity contribution is 0.329. The zero-order chi connectivity index (χ0) is 16.7. The fraction of sp³-hybridized carbons (Fsp3) is 0.824. The van der Waals surface area contributed by atoms with Gasteiger partial charge in [0.05, 0.1) is 0 Å². The van der Waals surface area contributed by atoms with E-state index < -0.39 is 0 Å². The molecule has 6 heteroatoms. The average Bonchev–Trinajstić information content (AvgIpc) is 3.01. The lowest BCUT2D eigenvalue weighted by atomic mass is 9.87. The Labute approximate surface area is 139 Å². The number of hydrogen-bond acceptors (Lipinski definition) is 4. The summed E-state index contributed by atoms with van der Waals surface area (Å²) in [6, 6.07) is 0.557. The smallest absolute Gasteiger partial charge is 0.226 e. The molecule has 2 N–H and O–H groups in total. The summed E-state index contributed by atoms with van der Waals surface area (Å²) in [6.07, 6.45) is 6.84. The minimum atomic E-state index is 0.312. The molecular formula is C17H31N5O. The maximum atomic E-state index is 5.26. The maximum absolute atomic E-state index is 5.26. The average molecular weight is 321 g/mol. The first-order valence-corrected chi connectivity index (χ1v) is 8.88. The number of guanidine groups is 1. The monoisotopic (exact) mass is 321 g/mol. The summed E-state index contributed by atoms with van der Waals surface area (Å²) in [4.78, 5) is 8.71. The highest BCUT2D eigenvalue weighted by Crippen LogP contribution is 2.23. The lowest BCUT2D eigenvalue weighted by Gasteiger charge is -2.28. The number of hydrogen-bond donors (Lipinski definition) is 2. The summed E-state index contributed by atoms with van der Waals surface area (Å²) in [7, 11) is 1.83. The summed E-state index contributed by atoms with van der Waals surface area (Å²) >= 11 is 0. The lowest BCUT2D eigenvalue weighted by Crippen LogP contribution is -2.45. The van der Waals surface area contributed by atoms with E-state index in [0.29, 0.717) is 12.0 Å². The second-order valence-corrected chi connectivity index (χ2v) is 6.90. The molecule has 1 heterocycles. The first kappa shape index (κ1) is 17.8. The number of nitrogens with one attached hydrogen (secondary N) is 2. The Balaban J connectivity index is 1.65. The first-order valence-electron chi connectivity index (χ1n) is 8.88. The van der Waals surface area contributed by atoms with E-state index in [1.165, 1.54) is 25.7 Å². The molecule has 1 aliphatic rings. The highest BCUT2D eigenvalue weighted by molar-refractivity contribution is 5.79. The third-order valence-corrected chi connectivity index (χ3v) is 4.44. The standard InChI is InChI=1S/C17H31N5O/c1-12(2)16-21-15(23-22-16)6-5-11-19-17(18-4)20-14-9-7-13(3)8-10-14/h12-14H,5-11H2,1-4H3,(H2,18,19,20). The van der Waals surface area contributed by atoms with Crippen molar-refractivity contribution in [2.75, 3.05) is 13.6 Å². The summed E-state index contributed by atoms with van der Waals surface area (Å²) in [5, 5.41) is 10.9. The molecule has 1 aromatic rings. The number of aryl methyl sites for hydroxylation is 1. The van der Waals surface area contributed by atoms with Crippen LogP contribution in [0, 0.1) is 5.92 Å². The Morgan fingerprint density at radius 2 is 2.04 bits per heavy atom. The number of nitrogens with zero attached hydrogens (tertiary/aromatic N) is 3. The van der Waals surface area contributed by atoms with Crippen molar-refractivity contribution in [2.45, 2.75) is 71.3 Å². The number of aliphatic imine (C=N–C) groups is 1. The Morgan fingerprint density at radius 1 is 1.30 bits per heavy atom. The molecule has 0 aromatic carbocycles. The molecule has 1 aliphatic carbocycles. The molecular weight excluding hydrogens is 290 g/mol. The Kier molecular flexibility index (Phi) is 6.86. The highest BCUT2D eigenvalue weighted by Gasteiger charge is 2.18. The van der Waals surface area contributed by atoms with E-state index >= 15 is 0 Å². The molecule has 1 fully saturated rings. The van der Waals surface area contributed by atoms with Gasteiger partial charge in [-0.3, -0.25) is 4.99 Å². The molecule has 0 amide bonds. The molecule has 1 aromatic heterocycles. The van der Waals surface area contributed by atoms with Gasteiger partial charge in [-0.2, -0.15) is 4.98 Å². The summed E-state index contributed by atoms with van der Waals surface area (Å²) in [5.74, 6) is 3.59. The van der Waals surface area contributed by atoms with Crippen LogP contribution < -0.4 is 10.6 Å². The molecule has 6 nitrogen and oxygen atoms in total. The molecule has 0 aliphatic heterocycles. The van der Waals surface area contributed by atoms with E-state index in [1.807, 2.05) is 7.05 Å². The van der Waals surface area contributed by atoms with Crippen LogP contribution in [0.2, 0.25) is 0 Å². The van der Waals surface area contributed by atoms with Gasteiger partial charge < -0.3 is 15.2 Å². The molecule has 23 heavy (non-hydrogen) atoms. The van der Waals surface area contributed by atoms with Gasteiger partial charge in [0.1, 0.15) is 0 Å². The van der Waals surface area contributed by atoms with E-state index in [9.17, 15) is 0 Å². The molecule has 0 unspecified atom stereocenters. The van der Waals surface area contributed by atoms with E-state index in [-0.39, 0.29) is 0 Å². The SMILES string of the molecule is CN=C(NCCCc1nc(C(C)C)no1)NC1CCC(C)CC1. The minimum absolute atomic E-state index is 0.312. The summed E-state index contributed by atoms with van der Waals surface area (Å²) in [6.45, 7) is 7.32. The van der Waals surface area contributed by atoms with Gasteiger partial charge in [-0.15, -0.1) is 0 Å². The molecule has 1 saturated carbocycles. The van der Waals surface area contributed by atoms with Crippen LogP contribution in [-0.4, -0.2) is 35.7 Å². The molecule has 0 bridgehead atoms. The van der Waals surface area contributed by atoms with Gasteiger partial charge in [-0.05, 0) is 38.0 Å². The quantitative estimate of drug-likeness (QED) is 0.479. The van der Waals surface area contributed by atoms with Gasteiger partial charge in [-0.25, -0.2) is 0 Å². The molecule has 0 atom stereocenters. The number of aromatic nitrogens is 2. The highest BCUT2D eigenvalue weighted by atomic mass is 16.5. The molecule has 130 valence electrons. The van der Waals surface area contributed by atoms with Gasteiger partial charge in [0.25, 0.3) is 0 Å². The maximum Gasteiger partial charge on any atom is 0.226 e. The van der Waals surface area contributed by atoms with Crippen molar-refractivity contribution >= 4 is 5.96 Å². The third-order valence-electron chi connectivity index (χ3n) is 4.44. The van der Waals surface area contributed by atoms with Crippen molar-refractivity contribution in [3.63, 3.8) is 0 Å². The van der Waals surface area contributed by atoms with Crippen LogP contribution in [0.1, 0.15) is 70.5 Å². The van der Waals surface area contributed by atoms with Crippen LogP contribution in [0.25, 0.3) is 0 Å². The summed E-state index contributed by atoms with van der Waals surface area (Å²) < 4.78 is 5.26. The van der Waals surface area contributed by atoms with E-state index in [4.69, 9.17) is 4.52 Å². The molecule has 0 saturated heterocycles. The Hall–Kier alpha value is -1.59. The molecule has 0 spiro atoms. The van der Waals surface area contributed by atoms with Crippen LogP contribution >= 0.6 is 0 Å². The van der Waals surface area contributed by atoms with Crippen molar-refractivity contribution in [3.05, 3.63) is 11.7 Å². The van der Waals surface area contributed by atoms with E-state index in [0.717, 1.165) is 43.0 Å². The van der Waals surface area contributed by atoms with Gasteiger partial charge in [0.15, 0.2) is 11.8 Å². The van der Waals surface area contributed by atoms with Crippen molar-refractivity contribution in [1.29, 1.82) is 0 Å². The summed E-state index contributed by atoms with van der Waals surface area (Å²) in [5.41, 5.74) is 0. The van der Waals surface area contributed by atoms with E-state index in [2.05, 4.69) is 46.5 Å². The second-order valence-electron chi connectivity index (χ2n) is 6.90. The normalized spacial score (nSPS) is 22.4. The zero-order valence-electron chi connectivity index (χ0n) is 14.9. The van der Waals surface area contributed by atoms with E-state index in [1.54, 1.807) is 0 Å². The first-order chi connectivity index (χ1) is 11.1. The van der Waals surface area contributed by atoms with Gasteiger partial charge in [0, 0.05) is 32.0 Å². The van der Waals surface area contributed by atoms with Crippen LogP contribution in [0.3, 0.4) is 0 Å². The van der Waals surface area contributed by atoms with Crippen LogP contribution in [0.15, 0.2) is 9.52 Å². The van der Waals surface area contributed by atoms with Gasteiger partial charge in [-0.1, -0.05) is 25.9 Å². The van der Waals surface area contributed by atoms with Crippen LogP contribution in [0.5, 0.6) is 0 Å². The van der Waals surface area contributed by atoms with Crippen molar-refractivity contribution in [3.8, 4) is 0 Å². The third kappa shape index (κ3) is 5.84. The largest absolute Gasteiger partial charge is 0.356 e. The Bertz CT molecular complexity index is 489. The van der Waals surface area contributed by atoms with Gasteiger partial charge in [0.2, 0.25) is 5.89 Å². The topological polar surface area (TPSA) is 75.3 Å².